The Balaban J connectivity index is 1.42. The predicted octanol–water partition coefficient (Wildman–Crippen LogP) is 2.98. The summed E-state index contributed by atoms with van der Waals surface area (Å²) in [5, 5.41) is 4.91. The van der Waals surface area contributed by atoms with Gasteiger partial charge >= 0.3 is 0 Å². The fraction of sp³-hybridized carbons (Fsp3) is 0.286. The van der Waals surface area contributed by atoms with Crippen molar-refractivity contribution in [1.29, 1.82) is 0 Å². The molecule has 2 heterocycles. The Morgan fingerprint density at radius 2 is 1.82 bits per heavy atom. The molecule has 0 spiro atoms. The summed E-state index contributed by atoms with van der Waals surface area (Å²) in [6.45, 7) is 0.906. The molecule has 2 aliphatic heterocycles. The number of carbonyl (C=O) groups is 3. The van der Waals surface area contributed by atoms with E-state index in [9.17, 15) is 14.4 Å². The van der Waals surface area contributed by atoms with Crippen molar-refractivity contribution in [2.24, 2.45) is 5.92 Å². The predicted molar refractivity (Wildman–Crippen MR) is 109 cm³/mol. The lowest BCUT2D eigenvalue weighted by atomic mass is 9.96. The summed E-state index contributed by atoms with van der Waals surface area (Å²) in [5.74, 6) is -0.893. The molecule has 28 heavy (non-hydrogen) atoms. The number of thioether (sulfide) groups is 1. The van der Waals surface area contributed by atoms with E-state index in [2.05, 4.69) is 10.6 Å². The van der Waals surface area contributed by atoms with E-state index in [0.717, 1.165) is 29.1 Å². The molecule has 0 aromatic heterocycles. The van der Waals surface area contributed by atoms with Crippen molar-refractivity contribution in [2.45, 2.75) is 23.0 Å². The summed E-state index contributed by atoms with van der Waals surface area (Å²) in [6, 6.07) is 16.7. The number of hydrogen-bond donors (Lipinski definition) is 2. The lowest BCUT2D eigenvalue weighted by Gasteiger charge is -2.35. The number of fused-ring (bicyclic) bond motifs is 1. The normalized spacial score (nSPS) is 21.4. The van der Waals surface area contributed by atoms with Crippen molar-refractivity contribution >= 4 is 40.9 Å². The monoisotopic (exact) mass is 395 g/mol. The third-order valence-corrected chi connectivity index (χ3v) is 6.26. The molecule has 144 valence electrons. The SMILES string of the molecule is O=C(Nc1ccccc1)[C@H]1CCCN(C(=O)[C@@H]2Sc3ccccc3NC2=O)C1. The van der Waals surface area contributed by atoms with Crippen molar-refractivity contribution in [3.05, 3.63) is 54.6 Å². The topological polar surface area (TPSA) is 78.5 Å². The molecule has 2 aliphatic rings. The van der Waals surface area contributed by atoms with Crippen molar-refractivity contribution < 1.29 is 14.4 Å². The Labute approximate surface area is 167 Å². The number of rotatable bonds is 3. The van der Waals surface area contributed by atoms with E-state index in [-0.39, 0.29) is 23.6 Å². The van der Waals surface area contributed by atoms with Crippen molar-refractivity contribution in [2.75, 3.05) is 23.7 Å². The fourth-order valence-corrected chi connectivity index (χ4v) is 4.61. The van der Waals surface area contributed by atoms with Crippen LogP contribution in [0.3, 0.4) is 0 Å². The van der Waals surface area contributed by atoms with Crippen LogP contribution in [0.2, 0.25) is 0 Å². The lowest BCUT2D eigenvalue weighted by molar-refractivity contribution is -0.136. The first kappa shape index (κ1) is 18.6. The minimum Gasteiger partial charge on any atom is -0.340 e. The average molecular weight is 395 g/mol. The number of hydrogen-bond acceptors (Lipinski definition) is 4. The van der Waals surface area contributed by atoms with Crippen LogP contribution in [0.15, 0.2) is 59.5 Å². The molecular formula is C21H21N3O3S. The van der Waals surface area contributed by atoms with Gasteiger partial charge in [0.2, 0.25) is 17.7 Å². The summed E-state index contributed by atoms with van der Waals surface area (Å²) in [7, 11) is 0. The largest absolute Gasteiger partial charge is 0.340 e. The molecule has 0 saturated carbocycles. The van der Waals surface area contributed by atoms with Crippen LogP contribution in [0.1, 0.15) is 12.8 Å². The summed E-state index contributed by atoms with van der Waals surface area (Å²) >= 11 is 1.28. The Bertz CT molecular complexity index is 903. The van der Waals surface area contributed by atoms with Crippen LogP contribution in [0.4, 0.5) is 11.4 Å². The van der Waals surface area contributed by atoms with E-state index in [1.807, 2.05) is 54.6 Å². The van der Waals surface area contributed by atoms with Crippen LogP contribution >= 0.6 is 11.8 Å². The smallest absolute Gasteiger partial charge is 0.247 e. The molecule has 0 radical (unpaired) electrons. The third kappa shape index (κ3) is 3.89. The van der Waals surface area contributed by atoms with Gasteiger partial charge in [0.25, 0.3) is 0 Å². The molecule has 0 unspecified atom stereocenters. The molecule has 2 aromatic carbocycles. The van der Waals surface area contributed by atoms with Gasteiger partial charge in [0, 0.05) is 23.7 Å². The number of piperidine rings is 1. The van der Waals surface area contributed by atoms with Gasteiger partial charge in [0.1, 0.15) is 0 Å². The molecule has 2 aromatic rings. The maximum Gasteiger partial charge on any atom is 0.247 e. The Morgan fingerprint density at radius 1 is 1.07 bits per heavy atom. The van der Waals surface area contributed by atoms with Gasteiger partial charge in [-0.3, -0.25) is 14.4 Å². The second-order valence-electron chi connectivity index (χ2n) is 6.96. The van der Waals surface area contributed by atoms with E-state index in [1.54, 1.807) is 4.90 Å². The summed E-state index contributed by atoms with van der Waals surface area (Å²) in [5.41, 5.74) is 1.48. The van der Waals surface area contributed by atoms with Gasteiger partial charge < -0.3 is 15.5 Å². The van der Waals surface area contributed by atoms with Gasteiger partial charge in [-0.2, -0.15) is 0 Å². The number of benzene rings is 2. The molecule has 2 atom stereocenters. The van der Waals surface area contributed by atoms with E-state index in [0.29, 0.717) is 13.1 Å². The first-order valence-corrected chi connectivity index (χ1v) is 10.2. The zero-order valence-corrected chi connectivity index (χ0v) is 16.1. The molecule has 4 rings (SSSR count). The van der Waals surface area contributed by atoms with Gasteiger partial charge in [-0.15, -0.1) is 11.8 Å². The number of likely N-dealkylation sites (tertiary alicyclic amines) is 1. The molecule has 7 heteroatoms. The summed E-state index contributed by atoms with van der Waals surface area (Å²) in [6.07, 6.45) is 1.48. The highest BCUT2D eigenvalue weighted by Crippen LogP contribution is 2.36. The number of nitrogens with zero attached hydrogens (tertiary/aromatic N) is 1. The Hall–Kier alpha value is -2.80. The molecule has 2 N–H and O–H groups in total. The average Bonchev–Trinajstić information content (AvgIpc) is 2.73. The number of anilines is 2. The fourth-order valence-electron chi connectivity index (χ4n) is 3.54. The maximum absolute atomic E-state index is 13.0. The van der Waals surface area contributed by atoms with E-state index < -0.39 is 5.25 Å². The lowest BCUT2D eigenvalue weighted by Crippen LogP contribution is -2.50. The summed E-state index contributed by atoms with van der Waals surface area (Å²) in [4.78, 5) is 40.6. The van der Waals surface area contributed by atoms with Gasteiger partial charge in [0.05, 0.1) is 11.6 Å². The van der Waals surface area contributed by atoms with E-state index >= 15 is 0 Å². The highest BCUT2D eigenvalue weighted by atomic mass is 32.2. The highest BCUT2D eigenvalue weighted by molar-refractivity contribution is 8.01. The van der Waals surface area contributed by atoms with Crippen molar-refractivity contribution in [3.8, 4) is 0 Å². The van der Waals surface area contributed by atoms with Crippen LogP contribution in [0.25, 0.3) is 0 Å². The van der Waals surface area contributed by atoms with Crippen molar-refractivity contribution in [1.82, 2.24) is 4.90 Å². The van der Waals surface area contributed by atoms with Gasteiger partial charge in [-0.25, -0.2) is 0 Å². The van der Waals surface area contributed by atoms with Crippen LogP contribution < -0.4 is 10.6 Å². The highest BCUT2D eigenvalue weighted by Gasteiger charge is 2.38. The Morgan fingerprint density at radius 3 is 2.64 bits per heavy atom. The molecule has 0 bridgehead atoms. The summed E-state index contributed by atoms with van der Waals surface area (Å²) < 4.78 is 0. The maximum atomic E-state index is 13.0. The molecule has 6 nitrogen and oxygen atoms in total. The molecular weight excluding hydrogens is 374 g/mol. The molecule has 1 saturated heterocycles. The minimum absolute atomic E-state index is 0.0882. The number of amides is 3. The quantitative estimate of drug-likeness (QED) is 0.783. The standard InChI is InChI=1S/C21H21N3O3S/c25-19(22-15-8-2-1-3-9-15)14-7-6-12-24(13-14)21(27)18-20(26)23-16-10-4-5-11-17(16)28-18/h1-5,8-11,14,18H,6-7,12-13H2,(H,22,25)(H,23,26)/t14-,18+/m0/s1. The number of nitrogens with one attached hydrogen (secondary N) is 2. The zero-order chi connectivity index (χ0) is 19.5. The van der Waals surface area contributed by atoms with E-state index in [4.69, 9.17) is 0 Å². The van der Waals surface area contributed by atoms with Crippen molar-refractivity contribution in [3.63, 3.8) is 0 Å². The van der Waals surface area contributed by atoms with Gasteiger partial charge in [-0.1, -0.05) is 30.3 Å². The van der Waals surface area contributed by atoms with Crippen LogP contribution in [0, 0.1) is 5.92 Å². The minimum atomic E-state index is -0.814. The van der Waals surface area contributed by atoms with E-state index in [1.165, 1.54) is 11.8 Å². The first-order valence-electron chi connectivity index (χ1n) is 9.33. The number of carbonyl (C=O) groups excluding carboxylic acids is 3. The first-order chi connectivity index (χ1) is 13.6. The number of para-hydroxylation sites is 2. The molecule has 1 fully saturated rings. The Kier molecular flexibility index (Phi) is 5.34. The second kappa shape index (κ2) is 8.06. The van der Waals surface area contributed by atoms with Gasteiger partial charge in [-0.05, 0) is 37.1 Å². The molecule has 3 amide bonds. The zero-order valence-electron chi connectivity index (χ0n) is 15.3. The second-order valence-corrected chi connectivity index (χ2v) is 8.11. The van der Waals surface area contributed by atoms with Crippen LogP contribution in [0.5, 0.6) is 0 Å². The van der Waals surface area contributed by atoms with Crippen LogP contribution in [-0.2, 0) is 14.4 Å². The molecule has 0 aliphatic carbocycles. The van der Waals surface area contributed by atoms with Crippen LogP contribution in [-0.4, -0.2) is 41.0 Å². The third-order valence-electron chi connectivity index (χ3n) is 5.00. The van der Waals surface area contributed by atoms with Gasteiger partial charge in [0.15, 0.2) is 5.25 Å².